The summed E-state index contributed by atoms with van der Waals surface area (Å²) in [5.74, 6) is -0.152. The van der Waals surface area contributed by atoms with Crippen molar-refractivity contribution in [3.63, 3.8) is 0 Å². The van der Waals surface area contributed by atoms with Crippen LogP contribution in [0.15, 0.2) is 30.3 Å². The van der Waals surface area contributed by atoms with Gasteiger partial charge in [-0.05, 0) is 30.0 Å². The van der Waals surface area contributed by atoms with Crippen molar-refractivity contribution in [2.45, 2.75) is 6.42 Å². The monoisotopic (exact) mass is 239 g/mol. The molecule has 16 heavy (non-hydrogen) atoms. The minimum absolute atomic E-state index is 0. The van der Waals surface area contributed by atoms with E-state index in [2.05, 4.69) is 0 Å². The summed E-state index contributed by atoms with van der Waals surface area (Å²) in [6.07, 6.45) is 0.817. The van der Waals surface area contributed by atoms with Crippen LogP contribution >= 0.6 is 12.4 Å². The molecule has 3 nitrogen and oxygen atoms in total. The van der Waals surface area contributed by atoms with Crippen molar-refractivity contribution in [2.75, 3.05) is 6.54 Å². The Morgan fingerprint density at radius 3 is 2.50 bits per heavy atom. The Bertz CT molecular complexity index is 500. The van der Waals surface area contributed by atoms with Crippen LogP contribution in [-0.4, -0.2) is 16.8 Å². The van der Waals surface area contributed by atoms with Crippen LogP contribution in [0.5, 0.6) is 11.5 Å². The van der Waals surface area contributed by atoms with Crippen LogP contribution in [0.25, 0.3) is 10.8 Å². The van der Waals surface area contributed by atoms with Crippen molar-refractivity contribution in [1.82, 2.24) is 0 Å². The summed E-state index contributed by atoms with van der Waals surface area (Å²) < 4.78 is 0. The van der Waals surface area contributed by atoms with Gasteiger partial charge in [0.05, 0.1) is 0 Å². The van der Waals surface area contributed by atoms with E-state index in [-0.39, 0.29) is 23.9 Å². The van der Waals surface area contributed by atoms with Crippen LogP contribution in [0.3, 0.4) is 0 Å². The van der Waals surface area contributed by atoms with Crippen LogP contribution in [0.1, 0.15) is 5.56 Å². The SMILES string of the molecule is Cl.NCCc1ccc2c(O)c(O)ccc2c1. The molecule has 0 atom stereocenters. The zero-order valence-corrected chi connectivity index (χ0v) is 9.50. The van der Waals surface area contributed by atoms with Crippen molar-refractivity contribution >= 4 is 23.2 Å². The van der Waals surface area contributed by atoms with E-state index < -0.39 is 0 Å². The molecule has 0 radical (unpaired) electrons. The zero-order chi connectivity index (χ0) is 10.8. The molecule has 4 heteroatoms. The summed E-state index contributed by atoms with van der Waals surface area (Å²) in [6, 6.07) is 8.96. The molecule has 2 rings (SSSR count). The average Bonchev–Trinajstić information content (AvgIpc) is 2.24. The highest BCUT2D eigenvalue weighted by molar-refractivity contribution is 5.90. The minimum atomic E-state index is -0.0888. The number of rotatable bonds is 2. The third-order valence-electron chi connectivity index (χ3n) is 2.47. The zero-order valence-electron chi connectivity index (χ0n) is 8.68. The molecular weight excluding hydrogens is 226 g/mol. The van der Waals surface area contributed by atoms with Gasteiger partial charge in [0.15, 0.2) is 11.5 Å². The lowest BCUT2D eigenvalue weighted by Gasteiger charge is -2.05. The summed E-state index contributed by atoms with van der Waals surface area (Å²) in [6.45, 7) is 0.607. The molecule has 2 aromatic carbocycles. The molecule has 0 heterocycles. The third-order valence-corrected chi connectivity index (χ3v) is 2.47. The standard InChI is InChI=1S/C12H13NO2.ClH/c13-6-5-8-1-3-10-9(7-8)2-4-11(14)12(10)15;/h1-4,7,14-15H,5-6,13H2;1H. The van der Waals surface area contributed by atoms with Gasteiger partial charge < -0.3 is 15.9 Å². The molecule has 2 aromatic rings. The molecule has 0 amide bonds. The fourth-order valence-electron chi connectivity index (χ4n) is 1.67. The number of halogens is 1. The minimum Gasteiger partial charge on any atom is -0.504 e. The Hall–Kier alpha value is -1.45. The van der Waals surface area contributed by atoms with Gasteiger partial charge in [0.25, 0.3) is 0 Å². The normalized spacial score (nSPS) is 10.1. The highest BCUT2D eigenvalue weighted by Crippen LogP contribution is 2.33. The Morgan fingerprint density at radius 1 is 1.06 bits per heavy atom. The smallest absolute Gasteiger partial charge is 0.165 e. The van der Waals surface area contributed by atoms with Gasteiger partial charge in [-0.25, -0.2) is 0 Å². The average molecular weight is 240 g/mol. The molecule has 0 aromatic heterocycles. The van der Waals surface area contributed by atoms with Gasteiger partial charge in [-0.2, -0.15) is 0 Å². The summed E-state index contributed by atoms with van der Waals surface area (Å²) >= 11 is 0. The lowest BCUT2D eigenvalue weighted by molar-refractivity contribution is 0.408. The van der Waals surface area contributed by atoms with E-state index in [1.54, 1.807) is 12.1 Å². The van der Waals surface area contributed by atoms with E-state index in [0.717, 1.165) is 17.4 Å². The molecule has 0 unspecified atom stereocenters. The van der Waals surface area contributed by atoms with Gasteiger partial charge in [-0.3, -0.25) is 0 Å². The van der Waals surface area contributed by atoms with Crippen molar-refractivity contribution < 1.29 is 10.2 Å². The Balaban J connectivity index is 0.00000128. The fraction of sp³-hybridized carbons (Fsp3) is 0.167. The number of benzene rings is 2. The van der Waals surface area contributed by atoms with E-state index in [1.165, 1.54) is 6.07 Å². The quantitative estimate of drug-likeness (QED) is 0.704. The molecule has 0 aliphatic carbocycles. The second-order valence-corrected chi connectivity index (χ2v) is 3.53. The van der Waals surface area contributed by atoms with Crippen molar-refractivity contribution in [2.24, 2.45) is 5.73 Å². The Kier molecular flexibility index (Phi) is 3.99. The molecule has 0 aliphatic heterocycles. The van der Waals surface area contributed by atoms with Gasteiger partial charge in [0, 0.05) is 5.39 Å². The molecule has 0 saturated carbocycles. The van der Waals surface area contributed by atoms with Crippen LogP contribution in [0.2, 0.25) is 0 Å². The van der Waals surface area contributed by atoms with Gasteiger partial charge in [-0.1, -0.05) is 24.3 Å². The van der Waals surface area contributed by atoms with Crippen LogP contribution in [0, 0.1) is 0 Å². The number of hydrogen-bond donors (Lipinski definition) is 3. The number of aromatic hydroxyl groups is 2. The van der Waals surface area contributed by atoms with Gasteiger partial charge in [-0.15, -0.1) is 12.4 Å². The third kappa shape index (κ3) is 2.21. The first-order valence-corrected chi connectivity index (χ1v) is 4.86. The van der Waals surface area contributed by atoms with E-state index in [9.17, 15) is 10.2 Å². The molecule has 0 spiro atoms. The molecule has 86 valence electrons. The van der Waals surface area contributed by atoms with E-state index in [1.807, 2.05) is 12.1 Å². The van der Waals surface area contributed by atoms with E-state index in [0.29, 0.717) is 11.9 Å². The molecule has 0 aliphatic rings. The summed E-state index contributed by atoms with van der Waals surface area (Å²) in [4.78, 5) is 0. The number of fused-ring (bicyclic) bond motifs is 1. The molecule has 0 fully saturated rings. The number of hydrogen-bond acceptors (Lipinski definition) is 3. The molecule has 4 N–H and O–H groups in total. The maximum atomic E-state index is 9.60. The van der Waals surface area contributed by atoms with E-state index >= 15 is 0 Å². The molecular formula is C12H14ClNO2. The highest BCUT2D eigenvalue weighted by atomic mass is 35.5. The van der Waals surface area contributed by atoms with Crippen molar-refractivity contribution in [3.8, 4) is 11.5 Å². The summed E-state index contributed by atoms with van der Waals surface area (Å²) in [7, 11) is 0. The molecule has 0 bridgehead atoms. The summed E-state index contributed by atoms with van der Waals surface area (Å²) in [5, 5.41) is 20.5. The van der Waals surface area contributed by atoms with Crippen molar-refractivity contribution in [3.05, 3.63) is 35.9 Å². The maximum absolute atomic E-state index is 9.60. The lowest BCUT2D eigenvalue weighted by atomic mass is 10.0. The van der Waals surface area contributed by atoms with Gasteiger partial charge >= 0.3 is 0 Å². The predicted molar refractivity (Wildman–Crippen MR) is 67.3 cm³/mol. The predicted octanol–water partition coefficient (Wildman–Crippen LogP) is 2.17. The van der Waals surface area contributed by atoms with Crippen LogP contribution < -0.4 is 5.73 Å². The van der Waals surface area contributed by atoms with Gasteiger partial charge in [0.1, 0.15) is 0 Å². The number of phenols is 2. The first-order valence-electron chi connectivity index (χ1n) is 4.86. The highest BCUT2D eigenvalue weighted by Gasteiger charge is 2.05. The lowest BCUT2D eigenvalue weighted by Crippen LogP contribution is -2.02. The first kappa shape index (κ1) is 12.6. The van der Waals surface area contributed by atoms with E-state index in [4.69, 9.17) is 5.73 Å². The Labute approximate surface area is 99.9 Å². The second-order valence-electron chi connectivity index (χ2n) is 3.53. The fourth-order valence-corrected chi connectivity index (χ4v) is 1.67. The van der Waals surface area contributed by atoms with Gasteiger partial charge in [0.2, 0.25) is 0 Å². The molecule has 0 saturated heterocycles. The number of phenolic OH excluding ortho intramolecular Hbond substituents is 2. The number of nitrogens with two attached hydrogens (primary N) is 1. The second kappa shape index (κ2) is 5.05. The topological polar surface area (TPSA) is 66.5 Å². The summed E-state index contributed by atoms with van der Waals surface area (Å²) in [5.41, 5.74) is 6.60. The first-order chi connectivity index (χ1) is 7.22. The Morgan fingerprint density at radius 2 is 1.81 bits per heavy atom. The largest absolute Gasteiger partial charge is 0.504 e. The van der Waals surface area contributed by atoms with Crippen molar-refractivity contribution in [1.29, 1.82) is 0 Å². The van der Waals surface area contributed by atoms with Crippen LogP contribution in [-0.2, 0) is 6.42 Å². The van der Waals surface area contributed by atoms with Crippen LogP contribution in [0.4, 0.5) is 0 Å². The maximum Gasteiger partial charge on any atom is 0.165 e.